The highest BCUT2D eigenvalue weighted by Crippen LogP contribution is 2.39. The van der Waals surface area contributed by atoms with E-state index in [-0.39, 0.29) is 16.0 Å². The van der Waals surface area contributed by atoms with E-state index in [0.29, 0.717) is 0 Å². The largest absolute Gasteiger partial charge is 0.573 e. The molecule has 9 heteroatoms. The molecule has 0 bridgehead atoms. The van der Waals surface area contributed by atoms with Gasteiger partial charge in [-0.15, -0.1) is 13.2 Å². The van der Waals surface area contributed by atoms with Crippen LogP contribution in [0.15, 0.2) is 28.2 Å². The van der Waals surface area contributed by atoms with Gasteiger partial charge in [-0.05, 0) is 28.1 Å². The van der Waals surface area contributed by atoms with Crippen molar-refractivity contribution in [2.24, 2.45) is 0 Å². The molecule has 1 aromatic carbocycles. The van der Waals surface area contributed by atoms with E-state index in [1.165, 1.54) is 29.7 Å². The molecule has 2 rings (SSSR count). The van der Waals surface area contributed by atoms with Crippen molar-refractivity contribution >= 4 is 38.9 Å². The molecule has 3 nitrogen and oxygen atoms in total. The molecule has 2 aromatic rings. The number of nitrogens with zero attached hydrogens (tertiary/aromatic N) is 1. The molecule has 19 heavy (non-hydrogen) atoms. The first-order valence-corrected chi connectivity index (χ1v) is 6.67. The van der Waals surface area contributed by atoms with Crippen LogP contribution in [0, 0.1) is 0 Å². The van der Waals surface area contributed by atoms with E-state index in [1.807, 2.05) is 0 Å². The van der Waals surface area contributed by atoms with Crippen molar-refractivity contribution in [3.05, 3.63) is 33.2 Å². The van der Waals surface area contributed by atoms with Crippen LogP contribution in [0.1, 0.15) is 0 Å². The maximum absolute atomic E-state index is 12.1. The molecular formula is C10H4BrClF3NO2S. The van der Waals surface area contributed by atoms with Gasteiger partial charge in [0.2, 0.25) is 0 Å². The number of halogens is 5. The normalized spacial score (nSPS) is 11.4. The van der Waals surface area contributed by atoms with E-state index in [1.54, 1.807) is 0 Å². The van der Waals surface area contributed by atoms with Crippen LogP contribution in [0.4, 0.5) is 13.2 Å². The molecule has 0 saturated heterocycles. The zero-order chi connectivity index (χ0) is 14.0. The summed E-state index contributed by atoms with van der Waals surface area (Å²) in [4.78, 5) is 3.88. The van der Waals surface area contributed by atoms with Gasteiger partial charge in [0.15, 0.2) is 11.5 Å². The zero-order valence-electron chi connectivity index (χ0n) is 8.87. The Bertz CT molecular complexity index is 590. The number of rotatable bonds is 3. The number of aromatic nitrogens is 1. The molecule has 0 aliphatic rings. The molecule has 0 spiro atoms. The van der Waals surface area contributed by atoms with E-state index < -0.39 is 12.1 Å². The van der Waals surface area contributed by atoms with Crippen LogP contribution < -0.4 is 9.47 Å². The lowest BCUT2D eigenvalue weighted by molar-refractivity contribution is -0.274. The monoisotopic (exact) mass is 373 g/mol. The standard InChI is InChI=1S/C10H4BrClF3NO2S/c11-7-4-16-9(19-7)17-5-2-1-3-6(8(5)12)18-10(13,14)15/h1-4H. The number of hydrogen-bond donors (Lipinski definition) is 0. The molecule has 0 amide bonds. The van der Waals surface area contributed by atoms with E-state index in [9.17, 15) is 13.2 Å². The van der Waals surface area contributed by atoms with Gasteiger partial charge in [0.1, 0.15) is 5.02 Å². The Labute approximate surface area is 123 Å². The zero-order valence-corrected chi connectivity index (χ0v) is 12.0. The van der Waals surface area contributed by atoms with Crippen LogP contribution in [0.3, 0.4) is 0 Å². The van der Waals surface area contributed by atoms with E-state index in [2.05, 4.69) is 25.7 Å². The van der Waals surface area contributed by atoms with Gasteiger partial charge >= 0.3 is 6.36 Å². The molecule has 0 unspecified atom stereocenters. The minimum atomic E-state index is -4.81. The second-order valence-corrected chi connectivity index (χ2v) is 5.90. The quantitative estimate of drug-likeness (QED) is 0.735. The van der Waals surface area contributed by atoms with E-state index in [0.717, 1.165) is 9.85 Å². The van der Waals surface area contributed by atoms with Crippen molar-refractivity contribution < 1.29 is 22.6 Å². The fraction of sp³-hybridized carbons (Fsp3) is 0.100. The number of thiazole rings is 1. The van der Waals surface area contributed by atoms with Crippen molar-refractivity contribution in [2.75, 3.05) is 0 Å². The summed E-state index contributed by atoms with van der Waals surface area (Å²) in [6.45, 7) is 0. The Kier molecular flexibility index (Phi) is 4.22. The van der Waals surface area contributed by atoms with Gasteiger partial charge in [-0.3, -0.25) is 0 Å². The lowest BCUT2D eigenvalue weighted by Gasteiger charge is -2.12. The maximum atomic E-state index is 12.1. The molecule has 102 valence electrons. The molecule has 0 aliphatic carbocycles. The molecule has 0 atom stereocenters. The van der Waals surface area contributed by atoms with Crippen LogP contribution in [0.25, 0.3) is 0 Å². The number of hydrogen-bond acceptors (Lipinski definition) is 4. The van der Waals surface area contributed by atoms with Crippen molar-refractivity contribution in [1.82, 2.24) is 4.98 Å². The fourth-order valence-electron chi connectivity index (χ4n) is 1.15. The Hall–Kier alpha value is -0.990. The predicted octanol–water partition coefficient (Wildman–Crippen LogP) is 5.25. The van der Waals surface area contributed by atoms with Crippen LogP contribution in [-0.2, 0) is 0 Å². The highest BCUT2D eigenvalue weighted by atomic mass is 79.9. The Balaban J connectivity index is 2.24. The summed E-state index contributed by atoms with van der Waals surface area (Å²) in [5.74, 6) is -0.493. The van der Waals surface area contributed by atoms with Crippen LogP contribution >= 0.6 is 38.9 Å². The molecule has 1 heterocycles. The van der Waals surface area contributed by atoms with Gasteiger partial charge in [0.05, 0.1) is 9.98 Å². The van der Waals surface area contributed by atoms with E-state index in [4.69, 9.17) is 16.3 Å². The second kappa shape index (κ2) is 5.56. The smallest absolute Gasteiger partial charge is 0.429 e. The van der Waals surface area contributed by atoms with Crippen LogP contribution in [-0.4, -0.2) is 11.3 Å². The van der Waals surface area contributed by atoms with Gasteiger partial charge in [-0.1, -0.05) is 29.0 Å². The van der Waals surface area contributed by atoms with Crippen LogP contribution in [0.5, 0.6) is 16.7 Å². The molecule has 0 radical (unpaired) electrons. The summed E-state index contributed by atoms with van der Waals surface area (Å²) in [5, 5.41) is -0.0240. The molecule has 0 fully saturated rings. The van der Waals surface area contributed by atoms with Gasteiger partial charge in [-0.25, -0.2) is 4.98 Å². The van der Waals surface area contributed by atoms with Gasteiger partial charge in [-0.2, -0.15) is 0 Å². The Morgan fingerprint density at radius 2 is 1.95 bits per heavy atom. The molecule has 0 saturated carbocycles. The van der Waals surface area contributed by atoms with Crippen LogP contribution in [0.2, 0.25) is 5.02 Å². The maximum Gasteiger partial charge on any atom is 0.573 e. The fourth-order valence-corrected chi connectivity index (χ4v) is 2.38. The first-order valence-electron chi connectivity index (χ1n) is 4.68. The number of ether oxygens (including phenoxy) is 2. The Morgan fingerprint density at radius 1 is 1.26 bits per heavy atom. The average molecular weight is 375 g/mol. The third kappa shape index (κ3) is 3.99. The Morgan fingerprint density at radius 3 is 2.53 bits per heavy atom. The van der Waals surface area contributed by atoms with Crippen molar-refractivity contribution in [2.45, 2.75) is 6.36 Å². The van der Waals surface area contributed by atoms with Crippen molar-refractivity contribution in [3.63, 3.8) is 0 Å². The first kappa shape index (κ1) is 14.4. The third-order valence-electron chi connectivity index (χ3n) is 1.81. The lowest BCUT2D eigenvalue weighted by Crippen LogP contribution is -2.17. The summed E-state index contributed by atoms with van der Waals surface area (Å²) in [6.07, 6.45) is -3.31. The summed E-state index contributed by atoms with van der Waals surface area (Å²) >= 11 is 10.1. The van der Waals surface area contributed by atoms with E-state index >= 15 is 0 Å². The molecule has 0 N–H and O–H groups in total. The third-order valence-corrected chi connectivity index (χ3v) is 3.53. The minimum Gasteiger partial charge on any atom is -0.429 e. The first-order chi connectivity index (χ1) is 8.85. The lowest BCUT2D eigenvalue weighted by atomic mass is 10.3. The number of benzene rings is 1. The highest BCUT2D eigenvalue weighted by Gasteiger charge is 2.32. The molecule has 0 aliphatic heterocycles. The number of alkyl halides is 3. The minimum absolute atomic E-state index is 0.0327. The highest BCUT2D eigenvalue weighted by molar-refractivity contribution is 9.11. The van der Waals surface area contributed by atoms with Crippen molar-refractivity contribution in [3.8, 4) is 16.7 Å². The topological polar surface area (TPSA) is 31.4 Å². The van der Waals surface area contributed by atoms with Gasteiger partial charge in [0, 0.05) is 0 Å². The second-order valence-electron chi connectivity index (χ2n) is 3.15. The summed E-state index contributed by atoms with van der Waals surface area (Å²) in [7, 11) is 0. The summed E-state index contributed by atoms with van der Waals surface area (Å²) in [6, 6.07) is 3.85. The van der Waals surface area contributed by atoms with Gasteiger partial charge < -0.3 is 9.47 Å². The SMILES string of the molecule is FC(F)(F)Oc1cccc(Oc2ncc(Br)s2)c1Cl. The molecular weight excluding hydrogens is 371 g/mol. The van der Waals surface area contributed by atoms with Gasteiger partial charge in [0.25, 0.3) is 5.19 Å². The summed E-state index contributed by atoms with van der Waals surface area (Å²) < 4.78 is 46.2. The predicted molar refractivity (Wildman–Crippen MR) is 68.0 cm³/mol. The van der Waals surface area contributed by atoms with Crippen molar-refractivity contribution in [1.29, 1.82) is 0 Å². The average Bonchev–Trinajstić information content (AvgIpc) is 2.68. The molecule has 1 aromatic heterocycles. The summed E-state index contributed by atoms with van der Waals surface area (Å²) in [5.41, 5.74) is 0.